The number of rotatable bonds is 3. The lowest BCUT2D eigenvalue weighted by Gasteiger charge is -2.17. The first-order valence-electron chi connectivity index (χ1n) is 13.8. The first-order valence-corrected chi connectivity index (χ1v) is 14.6. The van der Waals surface area contributed by atoms with E-state index in [2.05, 4.69) is 146 Å². The van der Waals surface area contributed by atoms with Crippen LogP contribution in [0.2, 0.25) is 0 Å². The van der Waals surface area contributed by atoms with Crippen molar-refractivity contribution in [2.45, 2.75) is 6.92 Å². The van der Waals surface area contributed by atoms with E-state index in [9.17, 15) is 0 Å². The second-order valence-corrected chi connectivity index (χ2v) is 11.6. The molecule has 1 heteroatoms. The molecule has 0 aliphatic heterocycles. The Kier molecular flexibility index (Phi) is 5.33. The molecular weight excluding hydrogens is 500 g/mol. The molecule has 1 aromatic heterocycles. The van der Waals surface area contributed by atoms with E-state index >= 15 is 0 Å². The topological polar surface area (TPSA) is 0 Å². The number of fused-ring (bicyclic) bond motifs is 5. The van der Waals surface area contributed by atoms with Crippen molar-refractivity contribution in [2.24, 2.45) is 0 Å². The lowest BCUT2D eigenvalue weighted by atomic mass is 9.86. The fourth-order valence-electron chi connectivity index (χ4n) is 6.27. The first-order chi connectivity index (χ1) is 19.8. The average Bonchev–Trinajstić information content (AvgIpc) is 3.39. The third-order valence-electron chi connectivity index (χ3n) is 8.14. The van der Waals surface area contributed by atoms with E-state index in [1.807, 2.05) is 11.3 Å². The molecule has 0 N–H and O–H groups in total. The van der Waals surface area contributed by atoms with Crippen molar-refractivity contribution in [1.82, 2.24) is 0 Å². The van der Waals surface area contributed by atoms with E-state index in [1.54, 1.807) is 0 Å². The second-order valence-electron chi connectivity index (χ2n) is 10.6. The summed E-state index contributed by atoms with van der Waals surface area (Å²) in [5.74, 6) is 0. The SMILES string of the molecule is Cc1ccc(-c2cccc3c2sc2cc(-c4c5ccccc5c(-c5ccccc5)c5ccccc45)ccc23)cc1. The minimum atomic E-state index is 1.25. The molecule has 0 radical (unpaired) electrons. The van der Waals surface area contributed by atoms with Crippen LogP contribution in [0.15, 0.2) is 140 Å². The van der Waals surface area contributed by atoms with E-state index in [0.29, 0.717) is 0 Å². The van der Waals surface area contributed by atoms with Crippen LogP contribution in [0.25, 0.3) is 75.1 Å². The highest BCUT2D eigenvalue weighted by atomic mass is 32.1. The molecule has 1 heterocycles. The summed E-state index contributed by atoms with van der Waals surface area (Å²) in [6.07, 6.45) is 0. The van der Waals surface area contributed by atoms with Crippen molar-refractivity contribution in [3.63, 3.8) is 0 Å². The van der Waals surface area contributed by atoms with Crippen LogP contribution >= 0.6 is 11.3 Å². The molecule has 0 aliphatic rings. The molecule has 188 valence electrons. The molecule has 0 unspecified atom stereocenters. The van der Waals surface area contributed by atoms with Crippen LogP contribution < -0.4 is 0 Å². The highest BCUT2D eigenvalue weighted by Gasteiger charge is 2.17. The van der Waals surface area contributed by atoms with E-state index < -0.39 is 0 Å². The van der Waals surface area contributed by atoms with Crippen molar-refractivity contribution in [1.29, 1.82) is 0 Å². The average molecular weight is 527 g/mol. The summed E-state index contributed by atoms with van der Waals surface area (Å²) < 4.78 is 2.68. The normalized spacial score (nSPS) is 11.6. The van der Waals surface area contributed by atoms with Crippen LogP contribution in [-0.4, -0.2) is 0 Å². The third-order valence-corrected chi connectivity index (χ3v) is 9.35. The van der Waals surface area contributed by atoms with Crippen molar-refractivity contribution in [3.05, 3.63) is 145 Å². The largest absolute Gasteiger partial charge is 0.135 e. The molecule has 0 nitrogen and oxygen atoms in total. The van der Waals surface area contributed by atoms with Gasteiger partial charge in [0.25, 0.3) is 0 Å². The number of hydrogen-bond acceptors (Lipinski definition) is 1. The molecule has 0 saturated heterocycles. The molecule has 0 bridgehead atoms. The highest BCUT2D eigenvalue weighted by molar-refractivity contribution is 7.26. The number of benzene rings is 7. The minimum Gasteiger partial charge on any atom is -0.135 e. The first kappa shape index (κ1) is 23.2. The molecule has 0 aliphatic carbocycles. The van der Waals surface area contributed by atoms with Crippen molar-refractivity contribution >= 4 is 53.1 Å². The smallest absolute Gasteiger partial charge is 0.0433 e. The summed E-state index contributed by atoms with van der Waals surface area (Å²) in [7, 11) is 0. The van der Waals surface area contributed by atoms with Crippen LogP contribution in [0.1, 0.15) is 5.56 Å². The van der Waals surface area contributed by atoms with Gasteiger partial charge in [0, 0.05) is 20.2 Å². The Hall–Kier alpha value is -4.72. The molecule has 0 spiro atoms. The Morgan fingerprint density at radius 1 is 0.400 bits per heavy atom. The number of aryl methyl sites for hydroxylation is 1. The maximum Gasteiger partial charge on any atom is 0.0433 e. The molecular formula is C39H26S. The van der Waals surface area contributed by atoms with Crippen LogP contribution in [0, 0.1) is 6.92 Å². The lowest BCUT2D eigenvalue weighted by Crippen LogP contribution is -1.90. The Morgan fingerprint density at radius 2 is 0.950 bits per heavy atom. The molecule has 0 saturated carbocycles. The quantitative estimate of drug-likeness (QED) is 0.201. The van der Waals surface area contributed by atoms with Gasteiger partial charge >= 0.3 is 0 Å². The Bertz CT molecular complexity index is 2140. The molecule has 40 heavy (non-hydrogen) atoms. The van der Waals surface area contributed by atoms with E-state index in [0.717, 1.165) is 0 Å². The maximum atomic E-state index is 2.41. The van der Waals surface area contributed by atoms with Crippen LogP contribution in [0.3, 0.4) is 0 Å². The standard InChI is InChI=1S/C39H26S/c1-25-18-20-26(21-19-25)29-16-9-17-35-30-23-22-28(24-36(30)40-39(29)35)38-33-14-7-5-12-31(33)37(27-10-3-2-4-11-27)32-13-6-8-15-34(32)38/h2-24H,1H3. The zero-order valence-corrected chi connectivity index (χ0v) is 23.0. The van der Waals surface area contributed by atoms with Gasteiger partial charge in [-0.05, 0) is 67.9 Å². The van der Waals surface area contributed by atoms with E-state index in [-0.39, 0.29) is 0 Å². The number of hydrogen-bond donors (Lipinski definition) is 0. The zero-order valence-electron chi connectivity index (χ0n) is 22.2. The maximum absolute atomic E-state index is 2.41. The minimum absolute atomic E-state index is 1.25. The van der Waals surface area contributed by atoms with Crippen molar-refractivity contribution < 1.29 is 0 Å². The van der Waals surface area contributed by atoms with Crippen LogP contribution in [-0.2, 0) is 0 Å². The van der Waals surface area contributed by atoms with Crippen molar-refractivity contribution in [3.8, 4) is 33.4 Å². The molecule has 7 aromatic carbocycles. The Labute approximate surface area is 237 Å². The van der Waals surface area contributed by atoms with E-state index in [4.69, 9.17) is 0 Å². The van der Waals surface area contributed by atoms with Crippen LogP contribution in [0.4, 0.5) is 0 Å². The summed E-state index contributed by atoms with van der Waals surface area (Å²) in [6, 6.07) is 51.3. The molecule has 8 aromatic rings. The summed E-state index contributed by atoms with van der Waals surface area (Å²) in [5, 5.41) is 7.83. The van der Waals surface area contributed by atoms with Gasteiger partial charge in [0.15, 0.2) is 0 Å². The van der Waals surface area contributed by atoms with Crippen molar-refractivity contribution in [2.75, 3.05) is 0 Å². The summed E-state index contributed by atoms with van der Waals surface area (Å²) in [5.41, 5.74) is 9.01. The van der Waals surface area contributed by atoms with Gasteiger partial charge in [-0.25, -0.2) is 0 Å². The molecule has 0 fully saturated rings. The second kappa shape index (κ2) is 9.19. The fraction of sp³-hybridized carbons (Fsp3) is 0.0256. The van der Waals surface area contributed by atoms with Gasteiger partial charge in [-0.2, -0.15) is 0 Å². The van der Waals surface area contributed by atoms with Gasteiger partial charge in [0.05, 0.1) is 0 Å². The predicted molar refractivity (Wildman–Crippen MR) is 175 cm³/mol. The Balaban J connectivity index is 1.41. The zero-order chi connectivity index (χ0) is 26.6. The van der Waals surface area contributed by atoms with Gasteiger partial charge < -0.3 is 0 Å². The summed E-state index contributed by atoms with van der Waals surface area (Å²) >= 11 is 1.91. The monoisotopic (exact) mass is 526 g/mol. The van der Waals surface area contributed by atoms with Crippen LogP contribution in [0.5, 0.6) is 0 Å². The van der Waals surface area contributed by atoms with Gasteiger partial charge in [0.1, 0.15) is 0 Å². The van der Waals surface area contributed by atoms with Gasteiger partial charge in [0.2, 0.25) is 0 Å². The summed E-state index contributed by atoms with van der Waals surface area (Å²) in [6.45, 7) is 2.14. The molecule has 0 atom stereocenters. The molecule has 8 rings (SSSR count). The summed E-state index contributed by atoms with van der Waals surface area (Å²) in [4.78, 5) is 0. The predicted octanol–water partition coefficient (Wildman–Crippen LogP) is 11.7. The van der Waals surface area contributed by atoms with Gasteiger partial charge in [-0.1, -0.05) is 139 Å². The fourth-order valence-corrected chi connectivity index (χ4v) is 7.55. The third kappa shape index (κ3) is 3.59. The Morgan fingerprint density at radius 3 is 1.60 bits per heavy atom. The lowest BCUT2D eigenvalue weighted by molar-refractivity contribution is 1.47. The highest BCUT2D eigenvalue weighted by Crippen LogP contribution is 2.46. The number of thiophene rings is 1. The van der Waals surface area contributed by atoms with Gasteiger partial charge in [-0.3, -0.25) is 0 Å². The molecule has 0 amide bonds. The van der Waals surface area contributed by atoms with Gasteiger partial charge in [-0.15, -0.1) is 11.3 Å². The van der Waals surface area contributed by atoms with E-state index in [1.165, 1.54) is 80.7 Å².